The summed E-state index contributed by atoms with van der Waals surface area (Å²) in [4.78, 5) is 8.68. The average Bonchev–Trinajstić information content (AvgIpc) is 3.66. The zero-order valence-corrected chi connectivity index (χ0v) is 32.6. The van der Waals surface area contributed by atoms with Crippen LogP contribution in [0.1, 0.15) is 22.5 Å². The van der Waals surface area contributed by atoms with Crippen LogP contribution in [0.3, 0.4) is 0 Å². The van der Waals surface area contributed by atoms with Crippen molar-refractivity contribution in [1.29, 1.82) is 0 Å². The number of nitrogens with one attached hydrogen (secondary N) is 2. The molecule has 0 spiro atoms. The van der Waals surface area contributed by atoms with Gasteiger partial charge in [-0.05, 0) is 103 Å². The molecular formula is C36H35BBrCl3F6N4O2. The number of nitrogens with zero attached hydrogens (tertiary/aromatic N) is 2. The Kier molecular flexibility index (Phi) is 15.4. The fourth-order valence-electron chi connectivity index (χ4n) is 5.33. The Morgan fingerprint density at radius 1 is 0.642 bits per heavy atom. The van der Waals surface area contributed by atoms with Gasteiger partial charge in [-0.3, -0.25) is 0 Å². The van der Waals surface area contributed by atoms with Gasteiger partial charge < -0.3 is 29.8 Å². The lowest BCUT2D eigenvalue weighted by molar-refractivity contribution is -0.141. The van der Waals surface area contributed by atoms with Gasteiger partial charge >= 0.3 is 19.5 Å². The molecule has 0 bridgehead atoms. The lowest BCUT2D eigenvalue weighted by Crippen LogP contribution is -2.34. The number of aromatic amines is 2. The Hall–Kier alpha value is -3.21. The standard InChI is InChI=1S/C18H16ClF3N2.C9H14BNO2.C9H4BrClF3N.ClH/c1-24(2)10-11-5-3-4-6-13(11)14-7-12-8-17(18(20,21)22)23-16(12)9-15(14)19;1-11(2)7-8-5-3-4-6-9(8)10(12)13;10-5-1-4-2-8(9(12,13)14)15-7(4)3-6(5)11;/h3-9,23H,10H2,1-2H3;3-6,12-13H,7H2,1-2H3;1-3,15H;1H. The quantitative estimate of drug-likeness (QED) is 0.0994. The SMILES string of the molecule is CN(C)Cc1ccccc1-c1cc2cc(C(F)(F)F)[nH]c2cc1Cl.CN(C)Cc1ccccc1B(O)O.Cl.FC(F)(F)c1cc2cc(Br)c(Cl)cc2[nH]1. The highest BCUT2D eigenvalue weighted by Crippen LogP contribution is 2.38. The van der Waals surface area contributed by atoms with E-state index in [0.29, 0.717) is 54.9 Å². The summed E-state index contributed by atoms with van der Waals surface area (Å²) < 4.78 is 76.3. The van der Waals surface area contributed by atoms with Gasteiger partial charge in [0.2, 0.25) is 0 Å². The van der Waals surface area contributed by atoms with Gasteiger partial charge in [-0.1, -0.05) is 71.7 Å². The van der Waals surface area contributed by atoms with Gasteiger partial charge in [-0.2, -0.15) is 26.3 Å². The minimum atomic E-state index is -4.41. The first-order valence-corrected chi connectivity index (χ1v) is 17.1. The maximum atomic E-state index is 12.9. The predicted molar refractivity (Wildman–Crippen MR) is 208 cm³/mol. The highest BCUT2D eigenvalue weighted by molar-refractivity contribution is 9.10. The topological polar surface area (TPSA) is 78.5 Å². The molecule has 17 heteroatoms. The highest BCUT2D eigenvalue weighted by atomic mass is 79.9. The smallest absolute Gasteiger partial charge is 0.423 e. The van der Waals surface area contributed by atoms with E-state index in [4.69, 9.17) is 33.2 Å². The van der Waals surface area contributed by atoms with Gasteiger partial charge in [0.05, 0.1) is 10.0 Å². The molecule has 0 aliphatic heterocycles. The van der Waals surface area contributed by atoms with Crippen molar-refractivity contribution in [2.24, 2.45) is 0 Å². The normalized spacial score (nSPS) is 11.6. The minimum Gasteiger partial charge on any atom is -0.423 e. The third kappa shape index (κ3) is 11.9. The maximum Gasteiger partial charge on any atom is 0.488 e. The summed E-state index contributed by atoms with van der Waals surface area (Å²) in [5.74, 6) is 0. The molecule has 4 aromatic carbocycles. The summed E-state index contributed by atoms with van der Waals surface area (Å²) in [6.07, 6.45) is -8.77. The minimum absolute atomic E-state index is 0. The van der Waals surface area contributed by atoms with Crippen LogP contribution in [0.5, 0.6) is 0 Å². The third-order valence-electron chi connectivity index (χ3n) is 7.59. The molecule has 6 rings (SSSR count). The summed E-state index contributed by atoms with van der Waals surface area (Å²) >= 11 is 15.3. The van der Waals surface area contributed by atoms with Crippen molar-refractivity contribution >= 4 is 85.9 Å². The number of hydrogen-bond donors (Lipinski definition) is 4. The lowest BCUT2D eigenvalue weighted by Gasteiger charge is -2.15. The summed E-state index contributed by atoms with van der Waals surface area (Å²) in [6.45, 7) is 1.43. The summed E-state index contributed by atoms with van der Waals surface area (Å²) in [7, 11) is 6.43. The molecule has 2 heterocycles. The van der Waals surface area contributed by atoms with Crippen LogP contribution in [-0.2, 0) is 25.4 Å². The number of aromatic nitrogens is 2. The molecule has 53 heavy (non-hydrogen) atoms. The maximum absolute atomic E-state index is 12.9. The second-order valence-electron chi connectivity index (χ2n) is 12.3. The molecule has 6 aromatic rings. The fraction of sp³-hybridized carbons (Fsp3) is 0.222. The van der Waals surface area contributed by atoms with Crippen molar-refractivity contribution in [3.8, 4) is 11.1 Å². The molecule has 0 fully saturated rings. The molecule has 0 unspecified atom stereocenters. The van der Waals surface area contributed by atoms with E-state index in [1.54, 1.807) is 30.3 Å². The second kappa shape index (κ2) is 18.4. The van der Waals surface area contributed by atoms with E-state index in [1.807, 2.05) is 74.4 Å². The average molecular weight is 867 g/mol. The van der Waals surface area contributed by atoms with E-state index in [-0.39, 0.29) is 12.4 Å². The van der Waals surface area contributed by atoms with E-state index in [0.717, 1.165) is 34.4 Å². The summed E-state index contributed by atoms with van der Waals surface area (Å²) in [6, 6.07) is 23.5. The van der Waals surface area contributed by atoms with Gasteiger partial charge in [0, 0.05) is 44.9 Å². The molecule has 0 saturated carbocycles. The van der Waals surface area contributed by atoms with Gasteiger partial charge in [0.15, 0.2) is 0 Å². The number of rotatable bonds is 6. The number of benzene rings is 4. The molecule has 0 saturated heterocycles. The molecule has 0 atom stereocenters. The van der Waals surface area contributed by atoms with E-state index >= 15 is 0 Å². The van der Waals surface area contributed by atoms with Crippen molar-refractivity contribution in [2.45, 2.75) is 25.4 Å². The van der Waals surface area contributed by atoms with Crippen LogP contribution in [0.25, 0.3) is 32.9 Å². The van der Waals surface area contributed by atoms with Crippen molar-refractivity contribution in [1.82, 2.24) is 19.8 Å². The zero-order chi connectivity index (χ0) is 38.5. The number of fused-ring (bicyclic) bond motifs is 2. The number of H-pyrrole nitrogens is 2. The highest BCUT2D eigenvalue weighted by Gasteiger charge is 2.33. The summed E-state index contributed by atoms with van der Waals surface area (Å²) in [5.41, 5.74) is 3.45. The van der Waals surface area contributed by atoms with Gasteiger partial charge in [-0.15, -0.1) is 12.4 Å². The molecule has 4 N–H and O–H groups in total. The monoisotopic (exact) mass is 864 g/mol. The molecule has 6 nitrogen and oxygen atoms in total. The first-order valence-electron chi connectivity index (χ1n) is 15.5. The van der Waals surface area contributed by atoms with Crippen LogP contribution in [-0.4, -0.2) is 65.1 Å². The van der Waals surface area contributed by atoms with Crippen LogP contribution in [0, 0.1) is 0 Å². The largest absolute Gasteiger partial charge is 0.488 e. The predicted octanol–water partition coefficient (Wildman–Crippen LogP) is 10.0. The van der Waals surface area contributed by atoms with Crippen molar-refractivity contribution in [3.05, 3.63) is 122 Å². The van der Waals surface area contributed by atoms with Crippen LogP contribution in [0.15, 0.2) is 89.4 Å². The van der Waals surface area contributed by atoms with Crippen LogP contribution in [0.2, 0.25) is 10.0 Å². The molecule has 0 aliphatic rings. The Bertz CT molecular complexity index is 2100. The lowest BCUT2D eigenvalue weighted by atomic mass is 9.77. The van der Waals surface area contributed by atoms with E-state index in [1.165, 1.54) is 6.07 Å². The van der Waals surface area contributed by atoms with E-state index < -0.39 is 30.9 Å². The van der Waals surface area contributed by atoms with E-state index in [2.05, 4.69) is 25.9 Å². The molecule has 2 aromatic heterocycles. The number of hydrogen-bond acceptors (Lipinski definition) is 4. The summed E-state index contributed by atoms with van der Waals surface area (Å²) in [5, 5.41) is 19.9. The fourth-order valence-corrected chi connectivity index (χ4v) is 6.12. The van der Waals surface area contributed by atoms with Crippen LogP contribution in [0.4, 0.5) is 26.3 Å². The first-order chi connectivity index (χ1) is 24.2. The Morgan fingerprint density at radius 3 is 1.60 bits per heavy atom. The number of alkyl halides is 6. The van der Waals surface area contributed by atoms with Crippen LogP contribution >= 0.6 is 51.5 Å². The van der Waals surface area contributed by atoms with Gasteiger partial charge in [-0.25, -0.2) is 0 Å². The second-order valence-corrected chi connectivity index (χ2v) is 14.0. The first kappa shape index (κ1) is 44.2. The molecular weight excluding hydrogens is 831 g/mol. The van der Waals surface area contributed by atoms with Crippen molar-refractivity contribution in [2.75, 3.05) is 28.2 Å². The molecule has 0 radical (unpaired) electrons. The Balaban J connectivity index is 0.000000226. The molecule has 0 amide bonds. The van der Waals surface area contributed by atoms with Crippen molar-refractivity contribution < 1.29 is 36.4 Å². The third-order valence-corrected chi connectivity index (χ3v) is 9.10. The van der Waals surface area contributed by atoms with Crippen molar-refractivity contribution in [3.63, 3.8) is 0 Å². The Morgan fingerprint density at radius 2 is 1.09 bits per heavy atom. The molecule has 0 aliphatic carbocycles. The van der Waals surface area contributed by atoms with Crippen LogP contribution < -0.4 is 5.46 Å². The van der Waals surface area contributed by atoms with Gasteiger partial charge in [0.1, 0.15) is 11.4 Å². The van der Waals surface area contributed by atoms with Gasteiger partial charge in [0.25, 0.3) is 0 Å². The zero-order valence-electron chi connectivity index (χ0n) is 28.7. The molecule has 284 valence electrons. The number of halogens is 10. The Labute approximate surface area is 327 Å². The van der Waals surface area contributed by atoms with E-state index in [9.17, 15) is 26.3 Å².